The smallest absolute Gasteiger partial charge is 0.437 e. The molecule has 0 heterocycles. The number of Topliss-reactive ketones (excluding diaryl/α,β-unsaturated/α-hetero) is 1. The Morgan fingerprint density at radius 3 is 2.05 bits per heavy atom. The van der Waals surface area contributed by atoms with Gasteiger partial charge in [-0.3, -0.25) is 14.5 Å². The zero-order valence-electron chi connectivity index (χ0n) is 36.1. The van der Waals surface area contributed by atoms with E-state index in [1.165, 1.54) is 4.90 Å². The van der Waals surface area contributed by atoms with Crippen molar-refractivity contribution >= 4 is 35.9 Å². The number of amides is 4. The van der Waals surface area contributed by atoms with E-state index in [-0.39, 0.29) is 37.2 Å². The number of nitrogens with one attached hydrogen (secondary N) is 1. The molecule has 0 bridgehead atoms. The van der Waals surface area contributed by atoms with Gasteiger partial charge in [0.05, 0.1) is 6.04 Å². The van der Waals surface area contributed by atoms with Gasteiger partial charge in [0.15, 0.2) is 5.78 Å². The number of aryl methyl sites for hydroxylation is 1. The number of ketones is 1. The van der Waals surface area contributed by atoms with Crippen LogP contribution in [0.2, 0.25) is 0 Å². The number of aliphatic imine (C=N–C) groups is 1. The third-order valence-corrected chi connectivity index (χ3v) is 8.53. The number of ether oxygens (including phenoxy) is 3. The summed E-state index contributed by atoms with van der Waals surface area (Å²) in [6, 6.07) is 16.9. The van der Waals surface area contributed by atoms with E-state index >= 15 is 0 Å². The van der Waals surface area contributed by atoms with Crippen LogP contribution in [-0.2, 0) is 36.8 Å². The predicted octanol–water partition coefficient (Wildman–Crippen LogP) is 6.54. The average Bonchev–Trinajstić information content (AvgIpc) is 3.12. The van der Waals surface area contributed by atoms with E-state index < -0.39 is 41.4 Å². The number of likely N-dealkylation sites (N-methyl/N-ethyl adjacent to an activating group) is 1. The summed E-state index contributed by atoms with van der Waals surface area (Å²) >= 11 is 0. The van der Waals surface area contributed by atoms with Crippen LogP contribution in [-0.4, -0.2) is 109 Å². The molecule has 3 N–H and O–H groups in total. The van der Waals surface area contributed by atoms with E-state index in [0.29, 0.717) is 45.1 Å². The number of carbonyl (C=O) groups is 5. The highest BCUT2D eigenvalue weighted by Crippen LogP contribution is 2.21. The summed E-state index contributed by atoms with van der Waals surface area (Å²) in [6.07, 6.45) is 0.820. The van der Waals surface area contributed by atoms with Crippen molar-refractivity contribution in [2.75, 3.05) is 41.3 Å². The van der Waals surface area contributed by atoms with Crippen LogP contribution in [0.25, 0.3) is 0 Å². The highest BCUT2D eigenvalue weighted by molar-refractivity contribution is 5.98. The number of nitrogens with two attached hydrogens (primary N) is 1. The molecule has 2 atom stereocenters. The predicted molar refractivity (Wildman–Crippen MR) is 225 cm³/mol. The van der Waals surface area contributed by atoms with E-state index in [1.54, 1.807) is 55.6 Å². The van der Waals surface area contributed by atoms with Gasteiger partial charge in [0.2, 0.25) is 11.9 Å². The first-order valence-corrected chi connectivity index (χ1v) is 19.7. The fourth-order valence-corrected chi connectivity index (χ4v) is 5.70. The van der Waals surface area contributed by atoms with Gasteiger partial charge in [-0.1, -0.05) is 60.7 Å². The molecule has 2 aromatic rings. The lowest BCUT2D eigenvalue weighted by Crippen LogP contribution is -2.45. The minimum absolute atomic E-state index is 0.0330. The molecule has 0 saturated heterocycles. The van der Waals surface area contributed by atoms with E-state index in [9.17, 15) is 24.0 Å². The van der Waals surface area contributed by atoms with E-state index in [0.717, 1.165) is 21.6 Å². The first kappa shape index (κ1) is 48.7. The van der Waals surface area contributed by atoms with Gasteiger partial charge in [-0.15, -0.1) is 4.99 Å². The summed E-state index contributed by atoms with van der Waals surface area (Å²) in [6.45, 7) is 10.9. The molecule has 0 saturated carbocycles. The molecule has 58 heavy (non-hydrogen) atoms. The maximum Gasteiger partial charge on any atom is 0.437 e. The number of guanidine groups is 1. The van der Waals surface area contributed by atoms with Crippen molar-refractivity contribution in [1.29, 1.82) is 0 Å². The van der Waals surface area contributed by atoms with Gasteiger partial charge >= 0.3 is 18.3 Å². The third-order valence-electron chi connectivity index (χ3n) is 8.53. The molecule has 0 aliphatic heterocycles. The van der Waals surface area contributed by atoms with Crippen LogP contribution in [0.4, 0.5) is 14.4 Å². The maximum atomic E-state index is 13.8. The van der Waals surface area contributed by atoms with Crippen LogP contribution >= 0.6 is 0 Å². The first-order chi connectivity index (χ1) is 27.1. The monoisotopic (exact) mass is 804 g/mol. The standard InChI is InChI=1S/C44H64N6O8/c1-43(2,3)57-41(54)47-39(45)50(42(55)58-44(4,5)6)29-17-15-21-35(38(52)49(9)10)30-37(51)36(48(7)8)27-26-33-24-22-32(23-25-33)18-14-16-28-46-40(53)56-31-34-19-12-11-13-20-34/h11-13,19-20,22-25,35-36H,15-17,21,26-31H2,1-10H3,(H,46,53)(H2,45,47,54)/t35-,36+/m1/s1. The SMILES string of the molecule is CN(C)C(=O)[C@H](CCCCN(C(=O)OC(C)(C)C)C(N)=NC(=O)OC(C)(C)C)CC(=O)[C@H](CCc1ccc(C#CCCNC(=O)OCc2ccccc2)cc1)N(C)C. The van der Waals surface area contributed by atoms with Gasteiger partial charge in [-0.2, -0.15) is 0 Å². The number of carbonyl (C=O) groups excluding carboxylic acids is 5. The van der Waals surface area contributed by atoms with Crippen LogP contribution < -0.4 is 11.1 Å². The second-order valence-corrected chi connectivity index (χ2v) is 16.4. The number of rotatable bonds is 17. The average molecular weight is 805 g/mol. The highest BCUT2D eigenvalue weighted by Gasteiger charge is 2.30. The van der Waals surface area contributed by atoms with Gasteiger partial charge in [0.1, 0.15) is 17.8 Å². The zero-order valence-corrected chi connectivity index (χ0v) is 36.1. The number of hydrogen-bond acceptors (Lipinski definition) is 9. The largest absolute Gasteiger partial charge is 0.445 e. The lowest BCUT2D eigenvalue weighted by molar-refractivity contribution is -0.137. The Labute approximate surface area is 344 Å². The topological polar surface area (TPSA) is 173 Å². The fourth-order valence-electron chi connectivity index (χ4n) is 5.70. The molecule has 14 nitrogen and oxygen atoms in total. The van der Waals surface area contributed by atoms with Crippen molar-refractivity contribution in [3.8, 4) is 11.8 Å². The number of nitrogens with zero attached hydrogens (tertiary/aromatic N) is 4. The third kappa shape index (κ3) is 19.6. The van der Waals surface area contributed by atoms with Gasteiger partial charge in [0.25, 0.3) is 0 Å². The van der Waals surface area contributed by atoms with Crippen molar-refractivity contribution in [1.82, 2.24) is 20.0 Å². The Balaban J connectivity index is 1.96. The lowest BCUT2D eigenvalue weighted by atomic mass is 9.90. The van der Waals surface area contributed by atoms with Gasteiger partial charge in [-0.25, -0.2) is 19.3 Å². The number of alkyl carbamates (subject to hydrolysis) is 1. The summed E-state index contributed by atoms with van der Waals surface area (Å²) in [5, 5.41) is 2.70. The van der Waals surface area contributed by atoms with Crippen molar-refractivity contribution in [3.05, 3.63) is 71.3 Å². The normalized spacial score (nSPS) is 12.7. The number of unbranched alkanes of at least 4 members (excludes halogenated alkanes) is 1. The van der Waals surface area contributed by atoms with Crippen molar-refractivity contribution in [3.63, 3.8) is 0 Å². The molecule has 0 radical (unpaired) electrons. The first-order valence-electron chi connectivity index (χ1n) is 19.7. The molecular formula is C44H64N6O8. The van der Waals surface area contributed by atoms with Crippen molar-refractivity contribution < 1.29 is 38.2 Å². The Bertz CT molecular complexity index is 1740. The Morgan fingerprint density at radius 2 is 1.47 bits per heavy atom. The summed E-state index contributed by atoms with van der Waals surface area (Å²) in [7, 11) is 7.04. The lowest BCUT2D eigenvalue weighted by Gasteiger charge is -2.27. The van der Waals surface area contributed by atoms with E-state index in [1.807, 2.05) is 73.6 Å². The van der Waals surface area contributed by atoms with Crippen LogP contribution in [0.1, 0.15) is 96.8 Å². The van der Waals surface area contributed by atoms with Gasteiger partial charge < -0.3 is 30.2 Å². The molecule has 0 fully saturated rings. The van der Waals surface area contributed by atoms with Crippen LogP contribution in [0.5, 0.6) is 0 Å². The highest BCUT2D eigenvalue weighted by atomic mass is 16.6. The van der Waals surface area contributed by atoms with E-state index in [4.69, 9.17) is 19.9 Å². The second-order valence-electron chi connectivity index (χ2n) is 16.4. The Hall–Kier alpha value is -5.42. The molecule has 0 aromatic heterocycles. The van der Waals surface area contributed by atoms with Crippen LogP contribution in [0, 0.1) is 17.8 Å². The van der Waals surface area contributed by atoms with Crippen molar-refractivity contribution in [2.45, 2.75) is 110 Å². The minimum Gasteiger partial charge on any atom is -0.445 e. The summed E-state index contributed by atoms with van der Waals surface area (Å²) in [4.78, 5) is 72.6. The molecular weight excluding hydrogens is 741 g/mol. The Morgan fingerprint density at radius 1 is 0.828 bits per heavy atom. The van der Waals surface area contributed by atoms with Gasteiger partial charge in [-0.05, 0) is 105 Å². The molecule has 2 rings (SSSR count). The second kappa shape index (κ2) is 23.7. The van der Waals surface area contributed by atoms with Crippen LogP contribution in [0.15, 0.2) is 59.6 Å². The van der Waals surface area contributed by atoms with E-state index in [2.05, 4.69) is 22.2 Å². The zero-order chi connectivity index (χ0) is 43.5. The molecule has 0 aliphatic rings. The molecule has 0 aliphatic carbocycles. The number of benzene rings is 2. The van der Waals surface area contributed by atoms with Gasteiger partial charge in [0, 0.05) is 51.5 Å². The summed E-state index contributed by atoms with van der Waals surface area (Å²) < 4.78 is 15.9. The van der Waals surface area contributed by atoms with Crippen LogP contribution in [0.3, 0.4) is 0 Å². The fraction of sp³-hybridized carbons (Fsp3) is 0.545. The molecule has 2 aromatic carbocycles. The number of hydrogen-bond donors (Lipinski definition) is 2. The minimum atomic E-state index is -0.937. The molecule has 4 amide bonds. The Kier molecular flexibility index (Phi) is 19.9. The molecule has 14 heteroatoms. The molecule has 0 spiro atoms. The summed E-state index contributed by atoms with van der Waals surface area (Å²) in [5.41, 5.74) is 7.27. The quantitative estimate of drug-likeness (QED) is 0.0588. The summed E-state index contributed by atoms with van der Waals surface area (Å²) in [5.74, 6) is 5.06. The molecule has 318 valence electrons. The van der Waals surface area contributed by atoms with Crippen molar-refractivity contribution in [2.24, 2.45) is 16.6 Å². The maximum absolute atomic E-state index is 13.8. The molecule has 0 unspecified atom stereocenters.